The first-order chi connectivity index (χ1) is 25.7. The summed E-state index contributed by atoms with van der Waals surface area (Å²) in [5.41, 5.74) is 13.8. The van der Waals surface area contributed by atoms with Gasteiger partial charge in [0.25, 0.3) is 0 Å². The van der Waals surface area contributed by atoms with Crippen molar-refractivity contribution in [3.63, 3.8) is 0 Å². The molecule has 0 fully saturated rings. The highest BCUT2D eigenvalue weighted by Crippen LogP contribution is 2.42. The Morgan fingerprint density at radius 2 is 0.962 bits per heavy atom. The van der Waals surface area contributed by atoms with Crippen LogP contribution in [0.2, 0.25) is 0 Å². The Hall–Kier alpha value is -6.20. The average molecular weight is 699 g/mol. The molecule has 0 amide bonds. The molecule has 0 bridgehead atoms. The third-order valence-electron chi connectivity index (χ3n) is 9.81. The van der Waals surface area contributed by atoms with Gasteiger partial charge < -0.3 is 0 Å². The summed E-state index contributed by atoms with van der Waals surface area (Å²) >= 11 is 3.61. The first-order valence-corrected chi connectivity index (χ1v) is 19.0. The van der Waals surface area contributed by atoms with E-state index in [0.29, 0.717) is 0 Å². The minimum Gasteiger partial charge on any atom is -0.264 e. The van der Waals surface area contributed by atoms with Gasteiger partial charge in [0.05, 0.1) is 10.2 Å². The summed E-state index contributed by atoms with van der Waals surface area (Å²) in [7, 11) is 0. The number of aromatic nitrogens is 2. The molecule has 0 unspecified atom stereocenters. The van der Waals surface area contributed by atoms with Crippen LogP contribution >= 0.6 is 22.7 Å². The molecule has 0 aliphatic heterocycles. The molecule has 2 nitrogen and oxygen atoms in total. The smallest absolute Gasteiger partial charge is 0.124 e. The highest BCUT2D eigenvalue weighted by Gasteiger charge is 2.16. The molecule has 10 rings (SSSR count). The second kappa shape index (κ2) is 12.8. The number of thiazole rings is 1. The fraction of sp³-hybridized carbons (Fsp3) is 0. The maximum absolute atomic E-state index is 5.34. The van der Waals surface area contributed by atoms with E-state index >= 15 is 0 Å². The molecular weight excluding hydrogens is 669 g/mol. The number of hydrogen-bond donors (Lipinski definition) is 0. The van der Waals surface area contributed by atoms with E-state index in [1.807, 2.05) is 29.8 Å². The zero-order chi connectivity index (χ0) is 34.4. The van der Waals surface area contributed by atoms with E-state index < -0.39 is 0 Å². The molecule has 0 saturated heterocycles. The summed E-state index contributed by atoms with van der Waals surface area (Å²) in [6, 6.07) is 61.3. The molecule has 7 aromatic carbocycles. The zero-order valence-corrected chi connectivity index (χ0v) is 29.7. The van der Waals surface area contributed by atoms with Crippen LogP contribution in [0.3, 0.4) is 0 Å². The fourth-order valence-electron chi connectivity index (χ4n) is 7.16. The van der Waals surface area contributed by atoms with Gasteiger partial charge in [-0.15, -0.1) is 22.7 Å². The second-order valence-electron chi connectivity index (χ2n) is 13.0. The summed E-state index contributed by atoms with van der Waals surface area (Å²) in [5.74, 6) is 0. The molecule has 244 valence electrons. The largest absolute Gasteiger partial charge is 0.264 e. The Balaban J connectivity index is 1.08. The van der Waals surface area contributed by atoms with Gasteiger partial charge in [0, 0.05) is 49.3 Å². The molecule has 10 aromatic rings. The van der Waals surface area contributed by atoms with Crippen LogP contribution < -0.4 is 0 Å². The van der Waals surface area contributed by atoms with E-state index in [4.69, 9.17) is 4.98 Å². The van der Waals surface area contributed by atoms with Gasteiger partial charge in [0.2, 0.25) is 0 Å². The number of thiophene rings is 1. The predicted octanol–water partition coefficient (Wildman–Crippen LogP) is 14.1. The first kappa shape index (κ1) is 30.6. The van der Waals surface area contributed by atoms with Gasteiger partial charge >= 0.3 is 0 Å². The zero-order valence-electron chi connectivity index (χ0n) is 28.0. The van der Waals surface area contributed by atoms with Crippen LogP contribution in [0.1, 0.15) is 0 Å². The Labute approximate surface area is 310 Å². The maximum Gasteiger partial charge on any atom is 0.124 e. The van der Waals surface area contributed by atoms with Crippen LogP contribution in [-0.4, -0.2) is 9.97 Å². The van der Waals surface area contributed by atoms with Crippen molar-refractivity contribution in [1.29, 1.82) is 0 Å². The lowest BCUT2D eigenvalue weighted by Gasteiger charge is -2.11. The lowest BCUT2D eigenvalue weighted by molar-refractivity contribution is 1.33. The molecule has 0 spiro atoms. The van der Waals surface area contributed by atoms with Crippen LogP contribution in [0.25, 0.3) is 96.6 Å². The summed E-state index contributed by atoms with van der Waals surface area (Å²) in [5, 5.41) is 3.66. The van der Waals surface area contributed by atoms with Crippen molar-refractivity contribution in [3.05, 3.63) is 182 Å². The van der Waals surface area contributed by atoms with Crippen molar-refractivity contribution in [2.75, 3.05) is 0 Å². The third-order valence-corrected chi connectivity index (χ3v) is 12.0. The number of benzene rings is 7. The Bertz CT molecular complexity index is 2890. The van der Waals surface area contributed by atoms with E-state index in [1.165, 1.54) is 58.3 Å². The topological polar surface area (TPSA) is 25.8 Å². The third kappa shape index (κ3) is 5.59. The van der Waals surface area contributed by atoms with E-state index in [1.54, 1.807) is 11.3 Å². The van der Waals surface area contributed by atoms with Crippen LogP contribution in [0.4, 0.5) is 0 Å². The van der Waals surface area contributed by atoms with E-state index in [2.05, 4.69) is 169 Å². The van der Waals surface area contributed by atoms with Crippen molar-refractivity contribution < 1.29 is 0 Å². The van der Waals surface area contributed by atoms with Gasteiger partial charge in [0.1, 0.15) is 5.01 Å². The molecule has 0 atom stereocenters. The van der Waals surface area contributed by atoms with Crippen LogP contribution in [0.5, 0.6) is 0 Å². The van der Waals surface area contributed by atoms with Crippen molar-refractivity contribution in [1.82, 2.24) is 9.97 Å². The number of fused-ring (bicyclic) bond motifs is 4. The number of rotatable bonds is 6. The quantitative estimate of drug-likeness (QED) is 0.173. The standard InChI is InChI=1S/C48H30N2S2/c1-2-9-31(10-3-1)34-11-6-13-36(25-34)40-28-42(38-14-7-12-35(26-38)39-15-8-24-49-30-39)47-46(29-40)52-48(50-47)33-20-18-32(19-21-33)37-22-23-45-43(27-37)41-16-4-5-17-44(41)51-45/h1-30H. The second-order valence-corrected chi connectivity index (χ2v) is 15.2. The SMILES string of the molecule is c1ccc(-c2cccc(-c3cc(-c4cccc(-c5cccnc5)c4)c4nc(-c5ccc(-c6ccc7sc8ccccc8c7c6)cc5)sc4c3)c2)cc1. The highest BCUT2D eigenvalue weighted by molar-refractivity contribution is 7.25. The summed E-state index contributed by atoms with van der Waals surface area (Å²) in [6.07, 6.45) is 3.74. The van der Waals surface area contributed by atoms with Gasteiger partial charge in [0.15, 0.2) is 0 Å². The molecule has 0 saturated carbocycles. The van der Waals surface area contributed by atoms with Crippen molar-refractivity contribution in [2.45, 2.75) is 0 Å². The van der Waals surface area contributed by atoms with Crippen LogP contribution in [-0.2, 0) is 0 Å². The van der Waals surface area contributed by atoms with Gasteiger partial charge in [-0.2, -0.15) is 0 Å². The number of pyridine rings is 1. The lowest BCUT2D eigenvalue weighted by Crippen LogP contribution is -1.87. The Morgan fingerprint density at radius 1 is 0.346 bits per heavy atom. The van der Waals surface area contributed by atoms with Crippen molar-refractivity contribution >= 4 is 53.1 Å². The minimum absolute atomic E-state index is 1.01. The molecule has 0 radical (unpaired) electrons. The van der Waals surface area contributed by atoms with Crippen molar-refractivity contribution in [3.8, 4) is 66.2 Å². The summed E-state index contributed by atoms with van der Waals surface area (Å²) in [4.78, 5) is 9.72. The van der Waals surface area contributed by atoms with E-state index in [9.17, 15) is 0 Å². The average Bonchev–Trinajstić information content (AvgIpc) is 3.83. The molecule has 0 aliphatic rings. The molecule has 52 heavy (non-hydrogen) atoms. The van der Waals surface area contributed by atoms with Crippen LogP contribution in [0, 0.1) is 0 Å². The lowest BCUT2D eigenvalue weighted by atomic mass is 9.94. The summed E-state index contributed by atoms with van der Waals surface area (Å²) < 4.78 is 3.82. The van der Waals surface area contributed by atoms with Crippen molar-refractivity contribution in [2.24, 2.45) is 0 Å². The molecule has 3 heterocycles. The van der Waals surface area contributed by atoms with Gasteiger partial charge in [-0.05, 0) is 93.0 Å². The van der Waals surface area contributed by atoms with Gasteiger partial charge in [-0.25, -0.2) is 4.98 Å². The Kier molecular flexibility index (Phi) is 7.56. The molecule has 0 aliphatic carbocycles. The molecule has 0 N–H and O–H groups in total. The molecular formula is C48H30N2S2. The predicted molar refractivity (Wildman–Crippen MR) is 223 cm³/mol. The van der Waals surface area contributed by atoms with E-state index in [0.717, 1.165) is 38.3 Å². The molecule has 4 heteroatoms. The maximum atomic E-state index is 5.34. The minimum atomic E-state index is 1.01. The van der Waals surface area contributed by atoms with E-state index in [-0.39, 0.29) is 0 Å². The molecule has 3 aromatic heterocycles. The summed E-state index contributed by atoms with van der Waals surface area (Å²) in [6.45, 7) is 0. The fourth-order valence-corrected chi connectivity index (χ4v) is 9.28. The van der Waals surface area contributed by atoms with Gasteiger partial charge in [-0.3, -0.25) is 4.98 Å². The number of nitrogens with zero attached hydrogens (tertiary/aromatic N) is 2. The van der Waals surface area contributed by atoms with Crippen LogP contribution in [0.15, 0.2) is 182 Å². The normalized spacial score (nSPS) is 11.5. The van der Waals surface area contributed by atoms with Gasteiger partial charge in [-0.1, -0.05) is 121 Å². The Morgan fingerprint density at radius 3 is 1.79 bits per heavy atom. The first-order valence-electron chi connectivity index (χ1n) is 17.4. The highest BCUT2D eigenvalue weighted by atomic mass is 32.1. The monoisotopic (exact) mass is 698 g/mol. The number of hydrogen-bond acceptors (Lipinski definition) is 4.